The van der Waals surface area contributed by atoms with Crippen LogP contribution in [0.5, 0.6) is 0 Å². The third kappa shape index (κ3) is 6.37. The molecule has 29 heavy (non-hydrogen) atoms. The number of hydrogen-bond donors (Lipinski definition) is 0. The molecule has 0 heterocycles. The molecule has 4 saturated carbocycles. The molecule has 6 heteroatoms. The van der Waals surface area contributed by atoms with Gasteiger partial charge in [-0.05, 0) is 37.5 Å². The molecule has 0 aliphatic heterocycles. The fourth-order valence-corrected chi connectivity index (χ4v) is 5.20. The SMILES string of the molecule is CCCCOCCOCCO[C@@H]1[C@@H]2C[C@@H]3[C@@H]1[C@]3(OCCOCCOCCCC)C2. The van der Waals surface area contributed by atoms with Crippen molar-refractivity contribution in [3.8, 4) is 0 Å². The summed E-state index contributed by atoms with van der Waals surface area (Å²) >= 11 is 0. The first-order valence-corrected chi connectivity index (χ1v) is 11.9. The summed E-state index contributed by atoms with van der Waals surface area (Å²) in [5.41, 5.74) is 0.101. The Morgan fingerprint density at radius 2 is 1.24 bits per heavy atom. The number of unbranched alkanes of at least 4 members (excludes halogenated alkanes) is 2. The van der Waals surface area contributed by atoms with Crippen molar-refractivity contribution >= 4 is 0 Å². The molecule has 0 N–H and O–H groups in total. The monoisotopic (exact) mass is 414 g/mol. The van der Waals surface area contributed by atoms with Crippen LogP contribution in [-0.2, 0) is 28.4 Å². The van der Waals surface area contributed by atoms with E-state index in [0.29, 0.717) is 76.7 Å². The van der Waals surface area contributed by atoms with Gasteiger partial charge in [0, 0.05) is 19.1 Å². The highest BCUT2D eigenvalue weighted by atomic mass is 16.6. The highest BCUT2D eigenvalue weighted by Crippen LogP contribution is 2.75. The van der Waals surface area contributed by atoms with Crippen LogP contribution in [0.3, 0.4) is 0 Å². The van der Waals surface area contributed by atoms with Crippen molar-refractivity contribution in [3.05, 3.63) is 0 Å². The van der Waals surface area contributed by atoms with Crippen molar-refractivity contribution < 1.29 is 28.4 Å². The molecule has 4 rings (SSSR count). The maximum atomic E-state index is 6.29. The largest absolute Gasteiger partial charge is 0.379 e. The molecule has 4 aliphatic rings. The molecule has 0 unspecified atom stereocenters. The molecular formula is C23H42O6. The lowest BCUT2D eigenvalue weighted by Crippen LogP contribution is -2.22. The van der Waals surface area contributed by atoms with Gasteiger partial charge in [-0.25, -0.2) is 0 Å². The average molecular weight is 415 g/mol. The molecule has 4 aliphatic carbocycles. The number of rotatable bonds is 20. The Kier molecular flexibility index (Phi) is 10.2. The third-order valence-corrected chi connectivity index (χ3v) is 6.64. The Morgan fingerprint density at radius 1 is 0.690 bits per heavy atom. The van der Waals surface area contributed by atoms with Gasteiger partial charge in [0.1, 0.15) is 0 Å². The summed E-state index contributed by atoms with van der Waals surface area (Å²) < 4.78 is 34.7. The first kappa shape index (κ1) is 23.4. The van der Waals surface area contributed by atoms with Crippen molar-refractivity contribution in [1.29, 1.82) is 0 Å². The molecule has 6 nitrogen and oxygen atoms in total. The summed E-state index contributed by atoms with van der Waals surface area (Å²) in [6.07, 6.45) is 7.40. The number of hydrogen-bond acceptors (Lipinski definition) is 6. The molecule has 170 valence electrons. The normalized spacial score (nSPS) is 31.7. The van der Waals surface area contributed by atoms with Gasteiger partial charge in [0.15, 0.2) is 0 Å². The second kappa shape index (κ2) is 12.6. The zero-order valence-electron chi connectivity index (χ0n) is 18.6. The zero-order chi connectivity index (χ0) is 20.4. The topological polar surface area (TPSA) is 55.4 Å². The molecule has 4 fully saturated rings. The average Bonchev–Trinajstić information content (AvgIpc) is 3.05. The van der Waals surface area contributed by atoms with Crippen LogP contribution in [0.25, 0.3) is 0 Å². The molecule has 4 bridgehead atoms. The fourth-order valence-electron chi connectivity index (χ4n) is 5.20. The van der Waals surface area contributed by atoms with Crippen molar-refractivity contribution in [2.24, 2.45) is 17.8 Å². The Morgan fingerprint density at radius 3 is 1.83 bits per heavy atom. The van der Waals surface area contributed by atoms with Gasteiger partial charge in [-0.2, -0.15) is 0 Å². The van der Waals surface area contributed by atoms with E-state index in [1.165, 1.54) is 25.7 Å². The van der Waals surface area contributed by atoms with E-state index >= 15 is 0 Å². The Bertz CT molecular complexity index is 447. The summed E-state index contributed by atoms with van der Waals surface area (Å²) in [4.78, 5) is 0. The van der Waals surface area contributed by atoms with E-state index in [-0.39, 0.29) is 5.60 Å². The predicted molar refractivity (Wildman–Crippen MR) is 111 cm³/mol. The standard InChI is InChI=1S/C23H42O6/c1-3-5-7-24-9-11-26-13-15-28-22-19-17-20-21(22)23(20,18-19)29-16-14-27-12-10-25-8-6-4-2/h19-22H,3-18H2,1-2H3/t19-,20-,21+,22-,23+/m1/s1. The maximum absolute atomic E-state index is 6.29. The quantitative estimate of drug-likeness (QED) is 0.284. The van der Waals surface area contributed by atoms with Gasteiger partial charge in [0.05, 0.1) is 64.6 Å². The summed E-state index contributed by atoms with van der Waals surface area (Å²) in [5, 5.41) is 0. The minimum atomic E-state index is 0.101. The van der Waals surface area contributed by atoms with Crippen LogP contribution >= 0.6 is 0 Å². The van der Waals surface area contributed by atoms with E-state index in [9.17, 15) is 0 Å². The van der Waals surface area contributed by atoms with Crippen molar-refractivity contribution in [2.75, 3.05) is 66.1 Å². The lowest BCUT2D eigenvalue weighted by atomic mass is 10.1. The molecule has 0 aromatic rings. The molecule has 0 radical (unpaired) electrons. The van der Waals surface area contributed by atoms with Crippen LogP contribution < -0.4 is 0 Å². The molecule has 5 atom stereocenters. The molecule has 0 amide bonds. The fraction of sp³-hybridized carbons (Fsp3) is 1.00. The predicted octanol–water partition coefficient (Wildman–Crippen LogP) is 3.46. The van der Waals surface area contributed by atoms with Crippen LogP contribution in [0.2, 0.25) is 0 Å². The number of ether oxygens (including phenoxy) is 6. The lowest BCUT2D eigenvalue weighted by molar-refractivity contribution is -0.0384. The van der Waals surface area contributed by atoms with E-state index in [1.807, 2.05) is 0 Å². The Hall–Kier alpha value is -0.240. The van der Waals surface area contributed by atoms with Gasteiger partial charge in [-0.3, -0.25) is 0 Å². The highest BCUT2D eigenvalue weighted by molar-refractivity contribution is 5.29. The molecule has 0 saturated heterocycles. The van der Waals surface area contributed by atoms with Crippen molar-refractivity contribution in [3.63, 3.8) is 0 Å². The summed E-state index contributed by atoms with van der Waals surface area (Å²) in [5.74, 6) is 1.99. The van der Waals surface area contributed by atoms with Crippen molar-refractivity contribution in [1.82, 2.24) is 0 Å². The second-order valence-corrected chi connectivity index (χ2v) is 8.63. The van der Waals surface area contributed by atoms with Gasteiger partial charge in [0.25, 0.3) is 0 Å². The smallest absolute Gasteiger partial charge is 0.0776 e. The molecular weight excluding hydrogens is 372 g/mol. The first-order valence-electron chi connectivity index (χ1n) is 11.9. The van der Waals surface area contributed by atoms with E-state index in [0.717, 1.165) is 26.1 Å². The minimum absolute atomic E-state index is 0.101. The Balaban J connectivity index is 1.17. The molecule has 0 aromatic carbocycles. The van der Waals surface area contributed by atoms with Crippen LogP contribution in [-0.4, -0.2) is 77.8 Å². The van der Waals surface area contributed by atoms with Gasteiger partial charge in [-0.1, -0.05) is 26.7 Å². The van der Waals surface area contributed by atoms with Crippen LogP contribution in [0.4, 0.5) is 0 Å². The Labute approximate surface area is 176 Å². The molecule has 0 aromatic heterocycles. The summed E-state index contributed by atoms with van der Waals surface area (Å²) in [6, 6.07) is 0. The lowest BCUT2D eigenvalue weighted by Gasteiger charge is -2.16. The van der Waals surface area contributed by atoms with Gasteiger partial charge in [-0.15, -0.1) is 0 Å². The highest BCUT2D eigenvalue weighted by Gasteiger charge is 2.80. The molecule has 0 spiro atoms. The van der Waals surface area contributed by atoms with Crippen LogP contribution in [0.15, 0.2) is 0 Å². The summed E-state index contributed by atoms with van der Waals surface area (Å²) in [7, 11) is 0. The van der Waals surface area contributed by atoms with Crippen molar-refractivity contribution in [2.45, 2.75) is 64.1 Å². The van der Waals surface area contributed by atoms with Gasteiger partial charge in [0.2, 0.25) is 0 Å². The second-order valence-electron chi connectivity index (χ2n) is 8.63. The van der Waals surface area contributed by atoms with Gasteiger partial charge < -0.3 is 28.4 Å². The van der Waals surface area contributed by atoms with E-state index in [2.05, 4.69) is 13.8 Å². The third-order valence-electron chi connectivity index (χ3n) is 6.64. The van der Waals surface area contributed by atoms with Crippen LogP contribution in [0, 0.1) is 17.8 Å². The van der Waals surface area contributed by atoms with E-state index in [1.54, 1.807) is 0 Å². The van der Waals surface area contributed by atoms with E-state index in [4.69, 9.17) is 28.4 Å². The zero-order valence-corrected chi connectivity index (χ0v) is 18.6. The minimum Gasteiger partial charge on any atom is -0.379 e. The van der Waals surface area contributed by atoms with E-state index < -0.39 is 0 Å². The summed E-state index contributed by atoms with van der Waals surface area (Å²) in [6.45, 7) is 11.4. The maximum Gasteiger partial charge on any atom is 0.0776 e. The first-order chi connectivity index (χ1) is 14.3. The van der Waals surface area contributed by atoms with Gasteiger partial charge >= 0.3 is 0 Å². The van der Waals surface area contributed by atoms with Crippen LogP contribution in [0.1, 0.15) is 52.4 Å².